The summed E-state index contributed by atoms with van der Waals surface area (Å²) in [7, 11) is 0. The minimum Gasteiger partial charge on any atom is -0.478 e. The minimum absolute atomic E-state index is 0.0733. The molecule has 1 aliphatic rings. The first-order chi connectivity index (χ1) is 10.0. The number of pyridine rings is 1. The molecule has 0 aromatic carbocycles. The number of nitrogens with zero attached hydrogens (tertiary/aromatic N) is 2. The van der Waals surface area contributed by atoms with Crippen LogP contribution in [0.5, 0.6) is 0 Å². The van der Waals surface area contributed by atoms with Crippen molar-refractivity contribution in [3.63, 3.8) is 0 Å². The smallest absolute Gasteiger partial charge is 0.335 e. The number of anilines is 1. The number of amides is 1. The molecule has 114 valence electrons. The van der Waals surface area contributed by atoms with Crippen LogP contribution in [0, 0.1) is 0 Å². The van der Waals surface area contributed by atoms with E-state index in [1.165, 1.54) is 6.07 Å². The first-order valence-corrected chi connectivity index (χ1v) is 7.30. The lowest BCUT2D eigenvalue weighted by molar-refractivity contribution is -0.116. The van der Waals surface area contributed by atoms with E-state index >= 15 is 0 Å². The quantitative estimate of drug-likeness (QED) is 0.829. The fourth-order valence-corrected chi connectivity index (χ4v) is 2.80. The van der Waals surface area contributed by atoms with Gasteiger partial charge in [-0.3, -0.25) is 4.79 Å². The van der Waals surface area contributed by atoms with E-state index in [1.807, 2.05) is 11.8 Å². The first kappa shape index (κ1) is 15.3. The number of carboxylic acid groups (broad SMARTS) is 1. The Labute approximate surface area is 124 Å². The van der Waals surface area contributed by atoms with Crippen molar-refractivity contribution in [1.82, 2.24) is 4.98 Å². The normalized spacial score (nSPS) is 15.1. The molecule has 0 bridgehead atoms. The molecule has 1 aromatic rings. The maximum atomic E-state index is 11.3. The molecule has 0 aliphatic heterocycles. The van der Waals surface area contributed by atoms with Crippen LogP contribution >= 0.6 is 0 Å². The number of carbonyl (C=O) groups excluding carboxylic acids is 1. The van der Waals surface area contributed by atoms with Crippen molar-refractivity contribution in [2.75, 3.05) is 11.4 Å². The zero-order valence-electron chi connectivity index (χ0n) is 12.2. The van der Waals surface area contributed by atoms with Gasteiger partial charge in [0.1, 0.15) is 5.82 Å². The second kappa shape index (κ2) is 6.56. The minimum atomic E-state index is -0.987. The molecule has 0 unspecified atom stereocenters. The molecular weight excluding hydrogens is 270 g/mol. The van der Waals surface area contributed by atoms with Crippen molar-refractivity contribution in [2.24, 2.45) is 5.73 Å². The highest BCUT2D eigenvalue weighted by atomic mass is 16.4. The Morgan fingerprint density at radius 3 is 2.57 bits per heavy atom. The third-order valence-corrected chi connectivity index (χ3v) is 3.86. The zero-order chi connectivity index (χ0) is 15.4. The van der Waals surface area contributed by atoms with Crippen LogP contribution in [0.1, 0.15) is 48.7 Å². The topological polar surface area (TPSA) is 96.5 Å². The maximum absolute atomic E-state index is 11.3. The van der Waals surface area contributed by atoms with E-state index in [0.717, 1.165) is 25.7 Å². The summed E-state index contributed by atoms with van der Waals surface area (Å²) in [6.07, 6.45) is 4.82. The predicted molar refractivity (Wildman–Crippen MR) is 79.4 cm³/mol. The molecular formula is C15H21N3O3. The van der Waals surface area contributed by atoms with E-state index in [2.05, 4.69) is 4.98 Å². The summed E-state index contributed by atoms with van der Waals surface area (Å²) >= 11 is 0. The number of nitrogens with two attached hydrogens (primary N) is 1. The Morgan fingerprint density at radius 1 is 1.38 bits per heavy atom. The highest BCUT2D eigenvalue weighted by Crippen LogP contribution is 2.28. The molecule has 21 heavy (non-hydrogen) atoms. The number of carboxylic acids is 1. The molecule has 6 nitrogen and oxygen atoms in total. The number of aromatic carboxylic acids is 1. The number of hydrogen-bond donors (Lipinski definition) is 2. The van der Waals surface area contributed by atoms with Gasteiger partial charge in [0.25, 0.3) is 0 Å². The van der Waals surface area contributed by atoms with Gasteiger partial charge in [-0.2, -0.15) is 0 Å². The summed E-state index contributed by atoms with van der Waals surface area (Å²) < 4.78 is 0. The average molecular weight is 291 g/mol. The molecule has 0 radical (unpaired) electrons. The summed E-state index contributed by atoms with van der Waals surface area (Å²) in [6.45, 7) is 2.00. The fourth-order valence-electron chi connectivity index (χ4n) is 2.80. The van der Waals surface area contributed by atoms with Gasteiger partial charge in [-0.05, 0) is 31.4 Å². The van der Waals surface area contributed by atoms with Crippen LogP contribution in [0.4, 0.5) is 5.82 Å². The van der Waals surface area contributed by atoms with Crippen molar-refractivity contribution in [1.29, 1.82) is 0 Å². The van der Waals surface area contributed by atoms with Gasteiger partial charge in [0.2, 0.25) is 5.91 Å². The zero-order valence-corrected chi connectivity index (χ0v) is 12.2. The SMILES string of the molecule is CCc1cc(C(=O)O)cc(N(CC(N)=O)C2CCCC2)n1. The summed E-state index contributed by atoms with van der Waals surface area (Å²) in [4.78, 5) is 28.9. The molecule has 1 saturated carbocycles. The van der Waals surface area contributed by atoms with Crippen molar-refractivity contribution >= 4 is 17.7 Å². The van der Waals surface area contributed by atoms with Crippen LogP contribution in [-0.4, -0.2) is 34.6 Å². The lowest BCUT2D eigenvalue weighted by atomic mass is 10.1. The van der Waals surface area contributed by atoms with E-state index in [4.69, 9.17) is 5.73 Å². The number of hydrogen-bond acceptors (Lipinski definition) is 4. The molecule has 6 heteroatoms. The molecule has 1 heterocycles. The standard InChI is InChI=1S/C15H21N3O3/c1-2-11-7-10(15(20)21)8-14(17-11)18(9-13(16)19)12-5-3-4-6-12/h7-8,12H,2-6,9H2,1H3,(H2,16,19)(H,20,21). The van der Waals surface area contributed by atoms with Crippen LogP contribution in [0.2, 0.25) is 0 Å². The van der Waals surface area contributed by atoms with Crippen LogP contribution in [0.15, 0.2) is 12.1 Å². The summed E-state index contributed by atoms with van der Waals surface area (Å²) in [5, 5.41) is 9.22. The second-order valence-electron chi connectivity index (χ2n) is 5.40. The molecule has 0 atom stereocenters. The maximum Gasteiger partial charge on any atom is 0.335 e. The number of primary amides is 1. The van der Waals surface area contributed by atoms with E-state index in [-0.39, 0.29) is 18.2 Å². The molecule has 2 rings (SSSR count). The second-order valence-corrected chi connectivity index (χ2v) is 5.40. The Bertz CT molecular complexity index is 539. The summed E-state index contributed by atoms with van der Waals surface area (Å²) in [5.74, 6) is -0.876. The van der Waals surface area contributed by atoms with Gasteiger partial charge in [0, 0.05) is 11.7 Å². The summed E-state index contributed by atoms with van der Waals surface area (Å²) in [6, 6.07) is 3.31. The van der Waals surface area contributed by atoms with Gasteiger partial charge < -0.3 is 15.7 Å². The first-order valence-electron chi connectivity index (χ1n) is 7.30. The van der Waals surface area contributed by atoms with Crippen LogP contribution in [0.3, 0.4) is 0 Å². The van der Waals surface area contributed by atoms with Gasteiger partial charge in [-0.15, -0.1) is 0 Å². The van der Waals surface area contributed by atoms with Crippen LogP contribution < -0.4 is 10.6 Å². The lowest BCUT2D eigenvalue weighted by Crippen LogP contribution is -2.41. The fraction of sp³-hybridized carbons (Fsp3) is 0.533. The van der Waals surface area contributed by atoms with Gasteiger partial charge in [0.15, 0.2) is 0 Å². The Hall–Kier alpha value is -2.11. The molecule has 3 N–H and O–H groups in total. The van der Waals surface area contributed by atoms with E-state index in [9.17, 15) is 14.7 Å². The Kier molecular flexibility index (Phi) is 4.77. The van der Waals surface area contributed by atoms with E-state index < -0.39 is 11.9 Å². The van der Waals surface area contributed by atoms with Crippen molar-refractivity contribution in [3.8, 4) is 0 Å². The summed E-state index contributed by atoms with van der Waals surface area (Å²) in [5.41, 5.74) is 6.25. The van der Waals surface area contributed by atoms with Gasteiger partial charge in [-0.1, -0.05) is 19.8 Å². The number of rotatable bonds is 6. The molecule has 1 aromatic heterocycles. The molecule has 0 spiro atoms. The van der Waals surface area contributed by atoms with E-state index in [1.54, 1.807) is 6.07 Å². The highest BCUT2D eigenvalue weighted by molar-refractivity contribution is 5.89. The molecule has 0 saturated heterocycles. The highest BCUT2D eigenvalue weighted by Gasteiger charge is 2.26. The van der Waals surface area contributed by atoms with Crippen LogP contribution in [0.25, 0.3) is 0 Å². The molecule has 1 amide bonds. The van der Waals surface area contributed by atoms with Gasteiger partial charge >= 0.3 is 5.97 Å². The largest absolute Gasteiger partial charge is 0.478 e. The van der Waals surface area contributed by atoms with Gasteiger partial charge in [-0.25, -0.2) is 9.78 Å². The van der Waals surface area contributed by atoms with Crippen molar-refractivity contribution < 1.29 is 14.7 Å². The molecule has 1 fully saturated rings. The molecule has 1 aliphatic carbocycles. The van der Waals surface area contributed by atoms with Gasteiger partial charge in [0.05, 0.1) is 12.1 Å². The monoisotopic (exact) mass is 291 g/mol. The predicted octanol–water partition coefficient (Wildman–Crippen LogP) is 1.58. The van der Waals surface area contributed by atoms with Crippen LogP contribution in [-0.2, 0) is 11.2 Å². The third-order valence-electron chi connectivity index (χ3n) is 3.86. The number of aromatic nitrogens is 1. The third kappa shape index (κ3) is 3.71. The average Bonchev–Trinajstić information content (AvgIpc) is 2.97. The van der Waals surface area contributed by atoms with E-state index in [0.29, 0.717) is 17.9 Å². The Balaban J connectivity index is 2.39. The van der Waals surface area contributed by atoms with Crippen molar-refractivity contribution in [3.05, 3.63) is 23.4 Å². The lowest BCUT2D eigenvalue weighted by Gasteiger charge is -2.29. The number of aryl methyl sites for hydroxylation is 1. The van der Waals surface area contributed by atoms with Crippen molar-refractivity contribution in [2.45, 2.75) is 45.1 Å². The Morgan fingerprint density at radius 2 is 2.05 bits per heavy atom. The number of carbonyl (C=O) groups is 2.